The van der Waals surface area contributed by atoms with Gasteiger partial charge in [0, 0.05) is 23.4 Å². The zero-order valence-corrected chi connectivity index (χ0v) is 13.7. The zero-order valence-electron chi connectivity index (χ0n) is 11.3. The van der Waals surface area contributed by atoms with Crippen molar-refractivity contribution in [2.24, 2.45) is 5.92 Å². The molecule has 1 aliphatic rings. The Bertz CT molecular complexity index is 722. The average molecular weight is 420 g/mol. The Morgan fingerprint density at radius 2 is 2.00 bits per heavy atom. The number of carbonyl (C=O) groups excluding carboxylic acids is 1. The van der Waals surface area contributed by atoms with Crippen molar-refractivity contribution in [3.8, 4) is 5.75 Å². The third kappa shape index (κ3) is 5.06. The van der Waals surface area contributed by atoms with Gasteiger partial charge in [-0.05, 0) is 34.1 Å². The van der Waals surface area contributed by atoms with Crippen molar-refractivity contribution >= 4 is 37.7 Å². The van der Waals surface area contributed by atoms with E-state index in [1.54, 1.807) is 0 Å². The van der Waals surface area contributed by atoms with Crippen molar-refractivity contribution in [1.82, 2.24) is 0 Å². The molecular formula is C12H10BrF4NO4S. The van der Waals surface area contributed by atoms with E-state index < -0.39 is 39.9 Å². The maximum atomic E-state index is 12.7. The van der Waals surface area contributed by atoms with E-state index in [4.69, 9.17) is 0 Å². The molecule has 0 bridgehead atoms. The van der Waals surface area contributed by atoms with Crippen LogP contribution in [-0.4, -0.2) is 33.0 Å². The predicted octanol–water partition coefficient (Wildman–Crippen LogP) is 3.00. The van der Waals surface area contributed by atoms with Crippen LogP contribution >= 0.6 is 15.9 Å². The molecule has 0 N–H and O–H groups in total. The lowest BCUT2D eigenvalue weighted by Gasteiger charge is -2.19. The van der Waals surface area contributed by atoms with Crippen molar-refractivity contribution < 1.29 is 35.0 Å². The number of hydrogen-bond donors (Lipinski definition) is 0. The lowest BCUT2D eigenvalue weighted by Crippen LogP contribution is -2.25. The third-order valence-corrected chi connectivity index (χ3v) is 4.59. The molecule has 5 nitrogen and oxygen atoms in total. The standard InChI is InChI=1S/C12H10BrF4NO4S/c13-9-4-8(22-12(14,15)16)1-2-10(9)18-5-7(3-11(18)19)6-23(17,20)21/h1-2,4,7H,3,5-6H2. The smallest absolute Gasteiger partial charge is 0.406 e. The summed E-state index contributed by atoms with van der Waals surface area (Å²) in [5, 5.41) is 0. The minimum Gasteiger partial charge on any atom is -0.406 e. The first kappa shape index (κ1) is 18.0. The van der Waals surface area contributed by atoms with E-state index in [1.165, 1.54) is 11.0 Å². The van der Waals surface area contributed by atoms with E-state index in [0.717, 1.165) is 12.1 Å². The highest BCUT2D eigenvalue weighted by atomic mass is 79.9. The molecule has 0 aromatic heterocycles. The van der Waals surface area contributed by atoms with Gasteiger partial charge in [-0.2, -0.15) is 8.42 Å². The van der Waals surface area contributed by atoms with E-state index in [-0.39, 0.29) is 23.1 Å². The van der Waals surface area contributed by atoms with Crippen LogP contribution in [-0.2, 0) is 15.0 Å². The predicted molar refractivity (Wildman–Crippen MR) is 76.2 cm³/mol. The van der Waals surface area contributed by atoms with Crippen LogP contribution in [0.25, 0.3) is 0 Å². The number of ether oxygens (including phenoxy) is 1. The highest BCUT2D eigenvalue weighted by Gasteiger charge is 2.35. The van der Waals surface area contributed by atoms with Gasteiger partial charge in [0.25, 0.3) is 0 Å². The summed E-state index contributed by atoms with van der Waals surface area (Å²) in [5.74, 6) is -2.40. The van der Waals surface area contributed by atoms with Crippen LogP contribution in [0, 0.1) is 5.92 Å². The molecule has 1 saturated heterocycles. The van der Waals surface area contributed by atoms with Gasteiger partial charge < -0.3 is 9.64 Å². The quantitative estimate of drug-likeness (QED) is 0.555. The fourth-order valence-corrected chi connectivity index (χ4v) is 3.67. The Morgan fingerprint density at radius 3 is 2.52 bits per heavy atom. The normalized spacial score (nSPS) is 19.3. The first-order valence-corrected chi connectivity index (χ1v) is 8.57. The summed E-state index contributed by atoms with van der Waals surface area (Å²) in [6.45, 7) is -0.0416. The molecule has 11 heteroatoms. The van der Waals surface area contributed by atoms with Gasteiger partial charge in [0.15, 0.2) is 0 Å². The summed E-state index contributed by atoms with van der Waals surface area (Å²) in [5.41, 5.74) is 0.253. The lowest BCUT2D eigenvalue weighted by molar-refractivity contribution is -0.274. The molecule has 1 fully saturated rings. The number of alkyl halides is 3. The van der Waals surface area contributed by atoms with E-state index in [1.807, 2.05) is 0 Å². The third-order valence-electron chi connectivity index (χ3n) is 3.08. The zero-order chi connectivity index (χ0) is 17.4. The molecule has 128 valence electrons. The number of amides is 1. The second-order valence-electron chi connectivity index (χ2n) is 4.94. The van der Waals surface area contributed by atoms with Crippen molar-refractivity contribution in [2.45, 2.75) is 12.8 Å². The Morgan fingerprint density at radius 1 is 1.35 bits per heavy atom. The van der Waals surface area contributed by atoms with E-state index in [0.29, 0.717) is 0 Å². The van der Waals surface area contributed by atoms with Gasteiger partial charge in [-0.1, -0.05) is 0 Å². The van der Waals surface area contributed by atoms with Gasteiger partial charge in [0.2, 0.25) is 5.91 Å². The molecule has 1 aliphatic heterocycles. The molecule has 0 saturated carbocycles. The average Bonchev–Trinajstić information content (AvgIpc) is 2.65. The monoisotopic (exact) mass is 419 g/mol. The van der Waals surface area contributed by atoms with Crippen LogP contribution in [0.4, 0.5) is 22.7 Å². The molecule has 1 aromatic rings. The van der Waals surface area contributed by atoms with Crippen LogP contribution < -0.4 is 9.64 Å². The Hall–Kier alpha value is -1.36. The molecular weight excluding hydrogens is 410 g/mol. The molecule has 0 radical (unpaired) electrons. The van der Waals surface area contributed by atoms with Crippen molar-refractivity contribution in [2.75, 3.05) is 17.2 Å². The number of hydrogen-bond acceptors (Lipinski definition) is 4. The van der Waals surface area contributed by atoms with Gasteiger partial charge >= 0.3 is 16.6 Å². The fraction of sp³-hybridized carbons (Fsp3) is 0.417. The summed E-state index contributed by atoms with van der Waals surface area (Å²) in [7, 11) is -4.71. The summed E-state index contributed by atoms with van der Waals surface area (Å²) in [6, 6.07) is 3.30. The molecule has 0 spiro atoms. The van der Waals surface area contributed by atoms with Crippen LogP contribution in [0.5, 0.6) is 5.75 Å². The fourth-order valence-electron chi connectivity index (χ4n) is 2.31. The van der Waals surface area contributed by atoms with Gasteiger partial charge in [0.05, 0.1) is 11.4 Å². The number of nitrogens with zero attached hydrogens (tertiary/aromatic N) is 1. The van der Waals surface area contributed by atoms with E-state index in [9.17, 15) is 30.3 Å². The number of carbonyl (C=O) groups is 1. The minimum absolute atomic E-state index is 0.0416. The molecule has 2 rings (SSSR count). The molecule has 1 atom stereocenters. The highest BCUT2D eigenvalue weighted by Crippen LogP contribution is 2.35. The Kier molecular flexibility index (Phi) is 4.90. The number of benzene rings is 1. The van der Waals surface area contributed by atoms with Gasteiger partial charge in [0.1, 0.15) is 5.75 Å². The highest BCUT2D eigenvalue weighted by molar-refractivity contribution is 9.10. The molecule has 23 heavy (non-hydrogen) atoms. The summed E-state index contributed by atoms with van der Waals surface area (Å²) < 4.78 is 74.4. The minimum atomic E-state index is -4.84. The summed E-state index contributed by atoms with van der Waals surface area (Å²) in [4.78, 5) is 13.1. The Balaban J connectivity index is 2.17. The van der Waals surface area contributed by atoms with E-state index in [2.05, 4.69) is 20.7 Å². The maximum Gasteiger partial charge on any atom is 0.573 e. The molecule has 0 aliphatic carbocycles. The van der Waals surface area contributed by atoms with Crippen LogP contribution in [0.3, 0.4) is 0 Å². The molecule has 1 heterocycles. The second-order valence-corrected chi connectivity index (χ2v) is 7.21. The summed E-state index contributed by atoms with van der Waals surface area (Å²) in [6.07, 6.45) is -5.00. The molecule has 1 aromatic carbocycles. The van der Waals surface area contributed by atoms with Gasteiger partial charge in [-0.15, -0.1) is 17.1 Å². The van der Waals surface area contributed by atoms with Crippen LogP contribution in [0.15, 0.2) is 22.7 Å². The second kappa shape index (κ2) is 6.27. The van der Waals surface area contributed by atoms with E-state index >= 15 is 0 Å². The first-order valence-electron chi connectivity index (χ1n) is 6.22. The topological polar surface area (TPSA) is 63.7 Å². The number of anilines is 1. The van der Waals surface area contributed by atoms with Gasteiger partial charge in [-0.25, -0.2) is 0 Å². The van der Waals surface area contributed by atoms with Crippen LogP contribution in [0.1, 0.15) is 6.42 Å². The van der Waals surface area contributed by atoms with Crippen LogP contribution in [0.2, 0.25) is 0 Å². The van der Waals surface area contributed by atoms with Crippen molar-refractivity contribution in [3.05, 3.63) is 22.7 Å². The SMILES string of the molecule is O=C1CC(CS(=O)(=O)F)CN1c1ccc(OC(F)(F)F)cc1Br. The van der Waals surface area contributed by atoms with Crippen molar-refractivity contribution in [1.29, 1.82) is 0 Å². The summed E-state index contributed by atoms with van der Waals surface area (Å²) >= 11 is 3.04. The molecule has 1 unspecified atom stereocenters. The Labute approximate surface area is 137 Å². The van der Waals surface area contributed by atoms with Gasteiger partial charge in [-0.3, -0.25) is 4.79 Å². The number of rotatable bonds is 4. The molecule has 1 amide bonds. The lowest BCUT2D eigenvalue weighted by atomic mass is 10.1. The maximum absolute atomic E-state index is 12.7. The first-order chi connectivity index (χ1) is 10.4. The van der Waals surface area contributed by atoms with Crippen molar-refractivity contribution in [3.63, 3.8) is 0 Å². The largest absolute Gasteiger partial charge is 0.573 e. The number of halogens is 5.